The van der Waals surface area contributed by atoms with Gasteiger partial charge in [-0.05, 0) is 24.7 Å². The van der Waals surface area contributed by atoms with Crippen LogP contribution >= 0.6 is 0 Å². The lowest BCUT2D eigenvalue weighted by Crippen LogP contribution is -2.39. The van der Waals surface area contributed by atoms with Gasteiger partial charge in [0.25, 0.3) is 0 Å². The Bertz CT molecular complexity index is 335. The molecule has 1 aromatic heterocycles. The maximum Gasteiger partial charge on any atom is 0.138 e. The van der Waals surface area contributed by atoms with E-state index in [1.54, 1.807) is 6.33 Å². The van der Waals surface area contributed by atoms with E-state index in [1.807, 2.05) is 4.68 Å². The van der Waals surface area contributed by atoms with Crippen LogP contribution in [0.25, 0.3) is 0 Å². The molecule has 0 bridgehead atoms. The smallest absolute Gasteiger partial charge is 0.138 e. The maximum atomic E-state index is 5.61. The largest absolute Gasteiger partial charge is 0.271 e. The van der Waals surface area contributed by atoms with Crippen molar-refractivity contribution in [2.24, 2.45) is 17.7 Å². The van der Waals surface area contributed by atoms with Crippen molar-refractivity contribution in [3.8, 4) is 0 Å². The minimum atomic E-state index is 0.342. The summed E-state index contributed by atoms with van der Waals surface area (Å²) in [7, 11) is 0. The first-order valence-corrected chi connectivity index (χ1v) is 6.09. The highest BCUT2D eigenvalue weighted by atomic mass is 15.3. The minimum Gasteiger partial charge on any atom is -0.271 e. The topological polar surface area (TPSA) is 68.8 Å². The minimum absolute atomic E-state index is 0.342. The molecule has 16 heavy (non-hydrogen) atoms. The second-order valence-corrected chi connectivity index (χ2v) is 4.75. The first kappa shape index (κ1) is 11.5. The second-order valence-electron chi connectivity index (χ2n) is 4.75. The summed E-state index contributed by atoms with van der Waals surface area (Å²) >= 11 is 0. The van der Waals surface area contributed by atoms with Crippen LogP contribution in [-0.2, 0) is 13.0 Å². The summed E-state index contributed by atoms with van der Waals surface area (Å²) in [6.45, 7) is 5.35. The first-order chi connectivity index (χ1) is 7.76. The molecule has 0 amide bonds. The second kappa shape index (κ2) is 4.93. The molecular formula is C11H21N5. The molecule has 0 spiro atoms. The van der Waals surface area contributed by atoms with Gasteiger partial charge in [-0.1, -0.05) is 13.8 Å². The van der Waals surface area contributed by atoms with Crippen molar-refractivity contribution < 1.29 is 0 Å². The molecule has 1 aromatic rings. The molecule has 3 atom stereocenters. The lowest BCUT2D eigenvalue weighted by Gasteiger charge is -2.15. The summed E-state index contributed by atoms with van der Waals surface area (Å²) < 4.78 is 1.98. The monoisotopic (exact) mass is 223 g/mol. The number of nitrogens with zero attached hydrogens (tertiary/aromatic N) is 3. The molecule has 3 N–H and O–H groups in total. The molecule has 1 saturated carbocycles. The lowest BCUT2D eigenvalue weighted by atomic mass is 10.1. The van der Waals surface area contributed by atoms with E-state index in [2.05, 4.69) is 29.4 Å². The standard InChI is InChI=1S/C11H21N5/c1-3-4-16-11(13-7-14-16)6-10(15-12)9-5-8(9)2/h7-10,15H,3-6,12H2,1-2H3. The third-order valence-electron chi connectivity index (χ3n) is 3.44. The molecule has 1 heterocycles. The number of hydrogen-bond donors (Lipinski definition) is 2. The third kappa shape index (κ3) is 2.41. The van der Waals surface area contributed by atoms with Crippen LogP contribution in [0.2, 0.25) is 0 Å². The van der Waals surface area contributed by atoms with Gasteiger partial charge >= 0.3 is 0 Å². The quantitative estimate of drug-likeness (QED) is 0.551. The first-order valence-electron chi connectivity index (χ1n) is 6.09. The average molecular weight is 223 g/mol. The van der Waals surface area contributed by atoms with Crippen molar-refractivity contribution in [3.63, 3.8) is 0 Å². The highest BCUT2D eigenvalue weighted by Crippen LogP contribution is 2.41. The fourth-order valence-corrected chi connectivity index (χ4v) is 2.29. The number of hydrazine groups is 1. The number of aromatic nitrogens is 3. The Kier molecular flexibility index (Phi) is 3.56. The summed E-state index contributed by atoms with van der Waals surface area (Å²) in [6, 6.07) is 0.342. The highest BCUT2D eigenvalue weighted by molar-refractivity contribution is 4.98. The fourth-order valence-electron chi connectivity index (χ4n) is 2.29. The van der Waals surface area contributed by atoms with Gasteiger partial charge in [0, 0.05) is 19.0 Å². The molecule has 90 valence electrons. The zero-order chi connectivity index (χ0) is 11.5. The molecule has 5 nitrogen and oxygen atoms in total. The summed E-state index contributed by atoms with van der Waals surface area (Å²) in [6.07, 6.45) is 4.87. The summed E-state index contributed by atoms with van der Waals surface area (Å²) in [4.78, 5) is 4.31. The summed E-state index contributed by atoms with van der Waals surface area (Å²) in [5, 5.41) is 4.23. The van der Waals surface area contributed by atoms with Gasteiger partial charge < -0.3 is 0 Å². The Hall–Kier alpha value is -0.940. The highest BCUT2D eigenvalue weighted by Gasteiger charge is 2.39. The summed E-state index contributed by atoms with van der Waals surface area (Å²) in [5.74, 6) is 8.15. The van der Waals surface area contributed by atoms with E-state index in [4.69, 9.17) is 5.84 Å². The molecule has 0 radical (unpaired) electrons. The Morgan fingerprint density at radius 1 is 1.69 bits per heavy atom. The van der Waals surface area contributed by atoms with Crippen LogP contribution in [0.5, 0.6) is 0 Å². The molecule has 0 saturated heterocycles. The van der Waals surface area contributed by atoms with E-state index < -0.39 is 0 Å². The SMILES string of the molecule is CCCn1ncnc1CC(NN)C1CC1C. The van der Waals surface area contributed by atoms with Gasteiger partial charge in [-0.15, -0.1) is 0 Å². The van der Waals surface area contributed by atoms with Crippen molar-refractivity contribution in [1.82, 2.24) is 20.2 Å². The normalized spacial score (nSPS) is 25.7. The van der Waals surface area contributed by atoms with E-state index in [1.165, 1.54) is 6.42 Å². The van der Waals surface area contributed by atoms with Crippen LogP contribution in [0, 0.1) is 11.8 Å². The fraction of sp³-hybridized carbons (Fsp3) is 0.818. The molecule has 0 aromatic carbocycles. The molecule has 2 rings (SSSR count). The third-order valence-corrected chi connectivity index (χ3v) is 3.44. The van der Waals surface area contributed by atoms with Crippen LogP contribution in [-0.4, -0.2) is 20.8 Å². The van der Waals surface area contributed by atoms with E-state index in [-0.39, 0.29) is 0 Å². The van der Waals surface area contributed by atoms with E-state index in [9.17, 15) is 0 Å². The van der Waals surface area contributed by atoms with Crippen molar-refractivity contribution in [3.05, 3.63) is 12.2 Å². The van der Waals surface area contributed by atoms with Gasteiger partial charge in [0.2, 0.25) is 0 Å². The van der Waals surface area contributed by atoms with Crippen molar-refractivity contribution >= 4 is 0 Å². The Morgan fingerprint density at radius 3 is 3.00 bits per heavy atom. The molecular weight excluding hydrogens is 202 g/mol. The molecule has 3 unspecified atom stereocenters. The number of rotatable bonds is 6. The number of nitrogens with two attached hydrogens (primary N) is 1. The van der Waals surface area contributed by atoms with Crippen molar-refractivity contribution in [1.29, 1.82) is 0 Å². The number of hydrogen-bond acceptors (Lipinski definition) is 4. The zero-order valence-electron chi connectivity index (χ0n) is 10.1. The van der Waals surface area contributed by atoms with Crippen LogP contribution in [0.1, 0.15) is 32.5 Å². The van der Waals surface area contributed by atoms with E-state index in [0.29, 0.717) is 12.0 Å². The summed E-state index contributed by atoms with van der Waals surface area (Å²) in [5.41, 5.74) is 2.92. The molecule has 0 aliphatic heterocycles. The number of aryl methyl sites for hydroxylation is 1. The van der Waals surface area contributed by atoms with E-state index in [0.717, 1.165) is 31.1 Å². The predicted octanol–water partition coefficient (Wildman–Crippen LogP) is 0.718. The Morgan fingerprint density at radius 2 is 2.44 bits per heavy atom. The number of nitrogens with one attached hydrogen (secondary N) is 1. The molecule has 1 aliphatic carbocycles. The van der Waals surface area contributed by atoms with Gasteiger partial charge in [0.15, 0.2) is 0 Å². The van der Waals surface area contributed by atoms with Gasteiger partial charge in [0.05, 0.1) is 0 Å². The maximum absolute atomic E-state index is 5.61. The molecule has 1 aliphatic rings. The predicted molar refractivity (Wildman–Crippen MR) is 62.4 cm³/mol. The Labute approximate surface area is 96.4 Å². The van der Waals surface area contributed by atoms with Crippen molar-refractivity contribution in [2.75, 3.05) is 0 Å². The van der Waals surface area contributed by atoms with Gasteiger partial charge in [-0.25, -0.2) is 4.98 Å². The van der Waals surface area contributed by atoms with Crippen molar-refractivity contribution in [2.45, 2.75) is 45.7 Å². The van der Waals surface area contributed by atoms with Gasteiger partial charge in [-0.2, -0.15) is 5.10 Å². The van der Waals surface area contributed by atoms with Crippen LogP contribution in [0.4, 0.5) is 0 Å². The zero-order valence-corrected chi connectivity index (χ0v) is 10.1. The average Bonchev–Trinajstić information content (AvgIpc) is 2.84. The van der Waals surface area contributed by atoms with Crippen LogP contribution in [0.15, 0.2) is 6.33 Å². The van der Waals surface area contributed by atoms with Crippen LogP contribution < -0.4 is 11.3 Å². The van der Waals surface area contributed by atoms with Gasteiger partial charge in [-0.3, -0.25) is 16.0 Å². The lowest BCUT2D eigenvalue weighted by molar-refractivity contribution is 0.431. The molecule has 5 heteroatoms. The van der Waals surface area contributed by atoms with Crippen LogP contribution in [0.3, 0.4) is 0 Å². The van der Waals surface area contributed by atoms with E-state index >= 15 is 0 Å². The molecule has 1 fully saturated rings. The van der Waals surface area contributed by atoms with Gasteiger partial charge in [0.1, 0.15) is 12.2 Å². The Balaban J connectivity index is 1.98.